The highest BCUT2D eigenvalue weighted by Gasteiger charge is 2.53. The second-order valence-electron chi connectivity index (χ2n) is 8.58. The largest absolute Gasteiger partial charge is 0.444 e. The molecule has 3 aliphatic rings. The number of nitrogens with one attached hydrogen (secondary N) is 1. The Bertz CT molecular complexity index is 385. The molecule has 3 N–H and O–H groups in total. The predicted octanol–water partition coefficient (Wildman–Crippen LogP) is 3.30. The molecule has 3 aliphatic carbocycles. The van der Waals surface area contributed by atoms with Crippen LogP contribution in [0.15, 0.2) is 0 Å². The quantitative estimate of drug-likeness (QED) is 0.836. The van der Waals surface area contributed by atoms with Gasteiger partial charge in [-0.2, -0.15) is 0 Å². The number of nitrogens with two attached hydrogens (primary N) is 1. The Kier molecular flexibility index (Phi) is 4.57. The molecule has 3 saturated carbocycles. The number of rotatable bonds is 4. The van der Waals surface area contributed by atoms with Crippen LogP contribution < -0.4 is 11.1 Å². The Balaban J connectivity index is 1.73. The van der Waals surface area contributed by atoms with Gasteiger partial charge in [-0.1, -0.05) is 13.8 Å². The van der Waals surface area contributed by atoms with Crippen molar-refractivity contribution in [3.05, 3.63) is 0 Å². The van der Waals surface area contributed by atoms with Gasteiger partial charge in [0.1, 0.15) is 5.60 Å². The van der Waals surface area contributed by atoms with E-state index in [1.54, 1.807) is 0 Å². The number of alkyl carbamates (subject to hydrolysis) is 1. The molecule has 21 heavy (non-hydrogen) atoms. The first kappa shape index (κ1) is 16.6. The van der Waals surface area contributed by atoms with E-state index in [-0.39, 0.29) is 12.1 Å². The minimum absolute atomic E-state index is 0.0236. The van der Waals surface area contributed by atoms with E-state index < -0.39 is 5.60 Å². The van der Waals surface area contributed by atoms with Gasteiger partial charge in [0, 0.05) is 12.6 Å². The average Bonchev–Trinajstić information content (AvgIpc) is 2.34. The molecule has 3 fully saturated rings. The smallest absolute Gasteiger partial charge is 0.407 e. The number of amides is 1. The lowest BCUT2D eigenvalue weighted by Gasteiger charge is -2.60. The maximum Gasteiger partial charge on any atom is 0.407 e. The van der Waals surface area contributed by atoms with Crippen molar-refractivity contribution < 1.29 is 9.53 Å². The van der Waals surface area contributed by atoms with E-state index in [0.717, 1.165) is 24.2 Å². The highest BCUT2D eigenvalue weighted by atomic mass is 16.6. The number of carbonyl (C=O) groups is 1. The summed E-state index contributed by atoms with van der Waals surface area (Å²) in [6, 6.07) is 0.0236. The third-order valence-electron chi connectivity index (χ3n) is 5.51. The molecule has 4 atom stereocenters. The summed E-state index contributed by atoms with van der Waals surface area (Å²) in [4.78, 5) is 11.6. The minimum atomic E-state index is -0.456. The van der Waals surface area contributed by atoms with Crippen molar-refractivity contribution in [3.8, 4) is 0 Å². The van der Waals surface area contributed by atoms with Gasteiger partial charge in [0.15, 0.2) is 0 Å². The van der Waals surface area contributed by atoms with Gasteiger partial charge in [-0.3, -0.25) is 0 Å². The summed E-state index contributed by atoms with van der Waals surface area (Å²) in [6.07, 6.45) is 4.67. The Morgan fingerprint density at radius 2 is 2.05 bits per heavy atom. The maximum atomic E-state index is 11.6. The van der Waals surface area contributed by atoms with Crippen molar-refractivity contribution in [2.75, 3.05) is 6.54 Å². The molecule has 2 bridgehead atoms. The van der Waals surface area contributed by atoms with E-state index in [1.807, 2.05) is 20.8 Å². The Labute approximate surface area is 129 Å². The van der Waals surface area contributed by atoms with Gasteiger partial charge in [-0.15, -0.1) is 0 Å². The molecule has 0 spiro atoms. The number of ether oxygens (including phenoxy) is 1. The van der Waals surface area contributed by atoms with Crippen LogP contribution >= 0.6 is 0 Å². The molecule has 4 nitrogen and oxygen atoms in total. The molecular formula is C17H32N2O2. The maximum absolute atomic E-state index is 11.6. The molecule has 0 aromatic carbocycles. The molecule has 2 unspecified atom stereocenters. The molecule has 3 rings (SSSR count). The van der Waals surface area contributed by atoms with Crippen LogP contribution in [-0.4, -0.2) is 24.3 Å². The lowest BCUT2D eigenvalue weighted by Crippen LogP contribution is -2.53. The van der Waals surface area contributed by atoms with Crippen molar-refractivity contribution in [2.45, 2.75) is 71.9 Å². The first-order valence-corrected chi connectivity index (χ1v) is 8.32. The summed E-state index contributed by atoms with van der Waals surface area (Å²) < 4.78 is 5.23. The topological polar surface area (TPSA) is 64.3 Å². The van der Waals surface area contributed by atoms with Gasteiger partial charge in [0.05, 0.1) is 0 Å². The normalized spacial score (nSPS) is 32.0. The van der Waals surface area contributed by atoms with Gasteiger partial charge >= 0.3 is 6.09 Å². The van der Waals surface area contributed by atoms with Crippen LogP contribution in [-0.2, 0) is 4.74 Å². The molecular weight excluding hydrogens is 264 g/mol. The SMILES string of the molecule is CC(C)(C)OC(=O)NCC(N)CC1CC[C@H]2C[C@@H]1C2(C)C. The van der Waals surface area contributed by atoms with Gasteiger partial charge in [-0.25, -0.2) is 4.79 Å². The van der Waals surface area contributed by atoms with Crippen LogP contribution in [0.1, 0.15) is 60.3 Å². The summed E-state index contributed by atoms with van der Waals surface area (Å²) in [5.41, 5.74) is 6.26. The van der Waals surface area contributed by atoms with Crippen LogP contribution in [0.4, 0.5) is 4.79 Å². The molecule has 1 amide bonds. The third-order valence-corrected chi connectivity index (χ3v) is 5.51. The molecule has 0 radical (unpaired) electrons. The average molecular weight is 296 g/mol. The highest BCUT2D eigenvalue weighted by molar-refractivity contribution is 5.67. The highest BCUT2D eigenvalue weighted by Crippen LogP contribution is 2.62. The zero-order valence-corrected chi connectivity index (χ0v) is 14.2. The first-order chi connectivity index (χ1) is 9.59. The third kappa shape index (κ3) is 3.91. The summed E-state index contributed by atoms with van der Waals surface area (Å²) in [5, 5.41) is 2.79. The zero-order chi connectivity index (χ0) is 15.8. The number of hydrogen-bond acceptors (Lipinski definition) is 3. The molecule has 122 valence electrons. The van der Waals surface area contributed by atoms with Crippen LogP contribution in [0, 0.1) is 23.2 Å². The fourth-order valence-corrected chi connectivity index (χ4v) is 4.25. The van der Waals surface area contributed by atoms with Crippen LogP contribution in [0.3, 0.4) is 0 Å². The molecule has 0 heterocycles. The van der Waals surface area contributed by atoms with E-state index in [4.69, 9.17) is 10.5 Å². The van der Waals surface area contributed by atoms with Crippen molar-refractivity contribution in [1.29, 1.82) is 0 Å². The van der Waals surface area contributed by atoms with Crippen LogP contribution in [0.5, 0.6) is 0 Å². The minimum Gasteiger partial charge on any atom is -0.444 e. The fourth-order valence-electron chi connectivity index (χ4n) is 4.25. The van der Waals surface area contributed by atoms with E-state index in [9.17, 15) is 4.79 Å². The molecule has 4 heteroatoms. The van der Waals surface area contributed by atoms with E-state index in [2.05, 4.69) is 19.2 Å². The van der Waals surface area contributed by atoms with Crippen molar-refractivity contribution >= 4 is 6.09 Å². The first-order valence-electron chi connectivity index (χ1n) is 8.32. The lowest BCUT2D eigenvalue weighted by molar-refractivity contribution is -0.108. The lowest BCUT2D eigenvalue weighted by atomic mass is 9.45. The molecule has 0 aliphatic heterocycles. The summed E-state index contributed by atoms with van der Waals surface area (Å²) in [7, 11) is 0. The van der Waals surface area contributed by atoms with Crippen molar-refractivity contribution in [3.63, 3.8) is 0 Å². The summed E-state index contributed by atoms with van der Waals surface area (Å²) in [5.74, 6) is 2.47. The van der Waals surface area contributed by atoms with Gasteiger partial charge in [0.25, 0.3) is 0 Å². The number of carbonyl (C=O) groups excluding carboxylic acids is 1. The summed E-state index contributed by atoms with van der Waals surface area (Å²) >= 11 is 0. The zero-order valence-electron chi connectivity index (χ0n) is 14.2. The fraction of sp³-hybridized carbons (Fsp3) is 0.941. The van der Waals surface area contributed by atoms with E-state index in [0.29, 0.717) is 12.0 Å². The molecule has 0 saturated heterocycles. The Morgan fingerprint density at radius 3 is 2.57 bits per heavy atom. The second kappa shape index (κ2) is 5.79. The molecule has 0 aromatic heterocycles. The predicted molar refractivity (Wildman–Crippen MR) is 84.9 cm³/mol. The van der Waals surface area contributed by atoms with Gasteiger partial charge < -0.3 is 15.8 Å². The Morgan fingerprint density at radius 1 is 1.38 bits per heavy atom. The van der Waals surface area contributed by atoms with Crippen molar-refractivity contribution in [2.24, 2.45) is 28.9 Å². The van der Waals surface area contributed by atoms with E-state index >= 15 is 0 Å². The summed E-state index contributed by atoms with van der Waals surface area (Å²) in [6.45, 7) is 10.9. The monoisotopic (exact) mass is 296 g/mol. The number of hydrogen-bond donors (Lipinski definition) is 2. The number of fused-ring (bicyclic) bond motifs is 2. The molecule has 0 aromatic rings. The van der Waals surface area contributed by atoms with Crippen LogP contribution in [0.25, 0.3) is 0 Å². The van der Waals surface area contributed by atoms with Crippen LogP contribution in [0.2, 0.25) is 0 Å². The van der Waals surface area contributed by atoms with E-state index in [1.165, 1.54) is 19.3 Å². The standard InChI is InChI=1S/C17H32N2O2/c1-16(2,3)21-15(20)19-10-13(18)8-11-6-7-12-9-14(11)17(12,4)5/h11-14H,6-10,18H2,1-5H3,(H,19,20)/t11?,12-,13?,14-/m0/s1. The van der Waals surface area contributed by atoms with Crippen molar-refractivity contribution in [1.82, 2.24) is 5.32 Å². The second-order valence-corrected chi connectivity index (χ2v) is 8.58. The van der Waals surface area contributed by atoms with Gasteiger partial charge in [0.2, 0.25) is 0 Å². The Hall–Kier alpha value is -0.770. The van der Waals surface area contributed by atoms with Gasteiger partial charge in [-0.05, 0) is 69.6 Å².